The summed E-state index contributed by atoms with van der Waals surface area (Å²) in [4.78, 5) is 3.99. The van der Waals surface area contributed by atoms with Crippen molar-refractivity contribution in [1.82, 2.24) is 9.29 Å². The number of anilines is 1. The summed E-state index contributed by atoms with van der Waals surface area (Å²) in [7, 11) is -3.40. The highest BCUT2D eigenvalue weighted by Crippen LogP contribution is 2.35. The lowest BCUT2D eigenvalue weighted by Gasteiger charge is -2.20. The Morgan fingerprint density at radius 3 is 2.59 bits per heavy atom. The topological polar surface area (TPSA) is 76.3 Å². The van der Waals surface area contributed by atoms with Gasteiger partial charge in [-0.1, -0.05) is 18.3 Å². The predicted octanol–water partition coefficient (Wildman–Crippen LogP) is 1.60. The average Bonchev–Trinajstić information content (AvgIpc) is 3.00. The molecule has 1 aromatic rings. The molecule has 1 heterocycles. The number of hydrogen-bond acceptors (Lipinski definition) is 5. The fraction of sp³-hybridized carbons (Fsp3) is 0.700. The molecule has 2 rings (SSSR count). The zero-order valence-electron chi connectivity index (χ0n) is 10.0. The molecule has 7 heteroatoms. The van der Waals surface area contributed by atoms with Gasteiger partial charge in [0.1, 0.15) is 0 Å². The van der Waals surface area contributed by atoms with E-state index in [1.54, 1.807) is 11.2 Å². The fourth-order valence-electron chi connectivity index (χ4n) is 1.83. The van der Waals surface area contributed by atoms with Crippen LogP contribution in [0.2, 0.25) is 0 Å². The molecule has 1 fully saturated rings. The van der Waals surface area contributed by atoms with Crippen molar-refractivity contribution in [3.63, 3.8) is 0 Å². The van der Waals surface area contributed by atoms with Gasteiger partial charge in [0.05, 0.1) is 5.69 Å². The first kappa shape index (κ1) is 12.8. The monoisotopic (exact) mass is 275 g/mol. The summed E-state index contributed by atoms with van der Waals surface area (Å²) >= 11 is 1.06. The molecule has 17 heavy (non-hydrogen) atoms. The predicted molar refractivity (Wildman–Crippen MR) is 68.5 cm³/mol. The van der Waals surface area contributed by atoms with Crippen LogP contribution in [-0.2, 0) is 10.0 Å². The van der Waals surface area contributed by atoms with Crippen molar-refractivity contribution in [2.45, 2.75) is 43.4 Å². The van der Waals surface area contributed by atoms with Crippen molar-refractivity contribution >= 4 is 26.5 Å². The van der Waals surface area contributed by atoms with Gasteiger partial charge in [0.15, 0.2) is 9.34 Å². The van der Waals surface area contributed by atoms with Gasteiger partial charge in [-0.3, -0.25) is 0 Å². The smallest absolute Gasteiger partial charge is 0.254 e. The van der Waals surface area contributed by atoms with Gasteiger partial charge in [0, 0.05) is 12.6 Å². The second-order valence-electron chi connectivity index (χ2n) is 4.27. The first-order chi connectivity index (χ1) is 7.96. The van der Waals surface area contributed by atoms with Gasteiger partial charge in [-0.25, -0.2) is 13.4 Å². The number of aryl methyl sites for hydroxylation is 1. The highest BCUT2D eigenvalue weighted by molar-refractivity contribution is 7.91. The molecule has 0 saturated heterocycles. The Kier molecular flexibility index (Phi) is 3.42. The Labute approximate surface area is 106 Å². The van der Waals surface area contributed by atoms with Gasteiger partial charge in [-0.15, -0.1) is 0 Å². The molecule has 0 aromatic carbocycles. The Bertz CT molecular complexity index is 506. The molecule has 0 spiro atoms. The van der Waals surface area contributed by atoms with Crippen LogP contribution >= 0.6 is 11.3 Å². The number of sulfonamides is 1. The average molecular weight is 275 g/mol. The lowest BCUT2D eigenvalue weighted by Crippen LogP contribution is -2.33. The van der Waals surface area contributed by atoms with Gasteiger partial charge < -0.3 is 5.73 Å². The second kappa shape index (κ2) is 4.55. The molecule has 1 saturated carbocycles. The number of thiazole rings is 1. The quantitative estimate of drug-likeness (QED) is 0.885. The number of nitrogens with two attached hydrogens (primary N) is 1. The normalized spacial score (nSPS) is 16.6. The Morgan fingerprint density at radius 1 is 1.53 bits per heavy atom. The third-order valence-electron chi connectivity index (χ3n) is 2.71. The Balaban J connectivity index is 2.36. The van der Waals surface area contributed by atoms with Crippen LogP contribution in [0.15, 0.2) is 4.21 Å². The van der Waals surface area contributed by atoms with Gasteiger partial charge in [-0.05, 0) is 26.2 Å². The summed E-state index contributed by atoms with van der Waals surface area (Å²) in [6.45, 7) is 4.25. The standard InChI is InChI=1S/C10H17N3O2S2/c1-3-6-13(8-4-5-8)17(14,15)9-7(2)12-10(11)16-9/h8H,3-6H2,1-2H3,(H2,11,12). The summed E-state index contributed by atoms with van der Waals surface area (Å²) in [5.74, 6) is 0. The lowest BCUT2D eigenvalue weighted by molar-refractivity contribution is 0.404. The van der Waals surface area contributed by atoms with Gasteiger partial charge in [0.25, 0.3) is 10.0 Å². The van der Waals surface area contributed by atoms with Crippen molar-refractivity contribution in [1.29, 1.82) is 0 Å². The van der Waals surface area contributed by atoms with E-state index in [0.717, 1.165) is 30.6 Å². The largest absolute Gasteiger partial charge is 0.375 e. The van der Waals surface area contributed by atoms with Crippen molar-refractivity contribution < 1.29 is 8.42 Å². The first-order valence-electron chi connectivity index (χ1n) is 5.71. The molecule has 0 bridgehead atoms. The first-order valence-corrected chi connectivity index (χ1v) is 7.97. The molecule has 1 aliphatic carbocycles. The summed E-state index contributed by atoms with van der Waals surface area (Å²) < 4.78 is 26.9. The van der Waals surface area contributed by atoms with Crippen LogP contribution in [0.25, 0.3) is 0 Å². The fourth-order valence-corrected chi connectivity index (χ4v) is 5.02. The zero-order valence-corrected chi connectivity index (χ0v) is 11.6. The molecular weight excluding hydrogens is 258 g/mol. The molecule has 96 valence electrons. The van der Waals surface area contributed by atoms with Crippen LogP contribution in [0.1, 0.15) is 31.9 Å². The van der Waals surface area contributed by atoms with E-state index in [1.165, 1.54) is 0 Å². The summed E-state index contributed by atoms with van der Waals surface area (Å²) in [6, 6.07) is 0.183. The highest BCUT2D eigenvalue weighted by Gasteiger charge is 2.39. The van der Waals surface area contributed by atoms with Crippen molar-refractivity contribution in [3.8, 4) is 0 Å². The molecule has 1 aliphatic rings. The Hall–Kier alpha value is -0.660. The summed E-state index contributed by atoms with van der Waals surface area (Å²) in [6.07, 6.45) is 2.75. The van der Waals surface area contributed by atoms with Crippen LogP contribution in [0, 0.1) is 6.92 Å². The van der Waals surface area contributed by atoms with Crippen molar-refractivity contribution in [2.24, 2.45) is 0 Å². The van der Waals surface area contributed by atoms with Crippen molar-refractivity contribution in [2.75, 3.05) is 12.3 Å². The molecule has 0 amide bonds. The molecule has 0 atom stereocenters. The lowest BCUT2D eigenvalue weighted by atomic mass is 10.5. The number of rotatable bonds is 5. The second-order valence-corrected chi connectivity index (χ2v) is 7.39. The number of aromatic nitrogens is 1. The number of nitrogens with zero attached hydrogens (tertiary/aromatic N) is 2. The minimum Gasteiger partial charge on any atom is -0.375 e. The van der Waals surface area contributed by atoms with E-state index in [4.69, 9.17) is 5.73 Å². The van der Waals surface area contributed by atoms with Crippen LogP contribution in [0.4, 0.5) is 5.13 Å². The summed E-state index contributed by atoms with van der Waals surface area (Å²) in [5, 5.41) is 0.313. The van der Waals surface area contributed by atoms with Crippen LogP contribution in [-0.4, -0.2) is 30.3 Å². The zero-order chi connectivity index (χ0) is 12.6. The molecule has 5 nitrogen and oxygen atoms in total. The van der Waals surface area contributed by atoms with E-state index in [-0.39, 0.29) is 6.04 Å². The van der Waals surface area contributed by atoms with Gasteiger partial charge in [0.2, 0.25) is 0 Å². The molecule has 0 radical (unpaired) electrons. The summed E-state index contributed by atoms with van der Waals surface area (Å²) in [5.41, 5.74) is 6.07. The third-order valence-corrected chi connectivity index (χ3v) is 6.24. The van der Waals surface area contributed by atoms with E-state index >= 15 is 0 Å². The van der Waals surface area contributed by atoms with E-state index in [9.17, 15) is 8.42 Å². The molecule has 0 unspecified atom stereocenters. The van der Waals surface area contributed by atoms with Crippen LogP contribution in [0.3, 0.4) is 0 Å². The number of hydrogen-bond donors (Lipinski definition) is 1. The highest BCUT2D eigenvalue weighted by atomic mass is 32.2. The van der Waals surface area contributed by atoms with Crippen molar-refractivity contribution in [3.05, 3.63) is 5.69 Å². The maximum Gasteiger partial charge on any atom is 0.254 e. The SMILES string of the molecule is CCCN(C1CC1)S(=O)(=O)c1sc(N)nc1C. The maximum atomic E-state index is 12.5. The third kappa shape index (κ3) is 2.46. The van der Waals surface area contributed by atoms with E-state index in [1.807, 2.05) is 6.92 Å². The van der Waals surface area contributed by atoms with Gasteiger partial charge >= 0.3 is 0 Å². The molecular formula is C10H17N3O2S2. The minimum absolute atomic E-state index is 0.183. The van der Waals surface area contributed by atoms with E-state index in [0.29, 0.717) is 21.6 Å². The number of nitrogen functional groups attached to an aromatic ring is 1. The molecule has 0 aliphatic heterocycles. The molecule has 2 N–H and O–H groups in total. The minimum atomic E-state index is -3.40. The van der Waals surface area contributed by atoms with E-state index < -0.39 is 10.0 Å². The van der Waals surface area contributed by atoms with E-state index in [2.05, 4.69) is 4.98 Å². The molecule has 1 aromatic heterocycles. The maximum absolute atomic E-state index is 12.5. The Morgan fingerprint density at radius 2 is 2.18 bits per heavy atom. The van der Waals surface area contributed by atoms with Crippen LogP contribution < -0.4 is 5.73 Å². The van der Waals surface area contributed by atoms with Gasteiger partial charge in [-0.2, -0.15) is 4.31 Å². The van der Waals surface area contributed by atoms with Crippen LogP contribution in [0.5, 0.6) is 0 Å².